The zero-order chi connectivity index (χ0) is 17.2. The third kappa shape index (κ3) is 4.43. The van der Waals surface area contributed by atoms with E-state index in [9.17, 15) is 13.2 Å². The Balaban J connectivity index is 2.26. The first-order valence-electron chi connectivity index (χ1n) is 7.51. The Morgan fingerprint density at radius 2 is 2.00 bits per heavy atom. The minimum absolute atomic E-state index is 0.0123. The van der Waals surface area contributed by atoms with Crippen LogP contribution in [0.15, 0.2) is 23.1 Å². The van der Waals surface area contributed by atoms with Crippen molar-refractivity contribution in [1.29, 1.82) is 0 Å². The van der Waals surface area contributed by atoms with Crippen LogP contribution in [0.4, 0.5) is 5.69 Å². The fraction of sp³-hybridized carbons (Fsp3) is 0.533. The lowest BCUT2D eigenvalue weighted by Gasteiger charge is -2.17. The zero-order valence-corrected chi connectivity index (χ0v) is 14.3. The van der Waals surface area contributed by atoms with Gasteiger partial charge < -0.3 is 15.8 Å². The summed E-state index contributed by atoms with van der Waals surface area (Å²) in [7, 11) is -2.14. The number of sulfonamides is 1. The minimum Gasteiger partial charge on any atom is -0.495 e. The number of amides is 1. The molecule has 1 aromatic rings. The smallest absolute Gasteiger partial charge is 0.240 e. The molecule has 0 bridgehead atoms. The topological polar surface area (TPSA) is 111 Å². The molecule has 8 heteroatoms. The number of anilines is 1. The Bertz CT molecular complexity index is 684. The van der Waals surface area contributed by atoms with Crippen molar-refractivity contribution in [3.05, 3.63) is 18.2 Å². The SMILES string of the molecule is COc1ccc(S(=O)(=O)NC2CC2)cc1NC(=O)C(C)C(C)N. The highest BCUT2D eigenvalue weighted by atomic mass is 32.2. The van der Waals surface area contributed by atoms with Crippen molar-refractivity contribution in [2.75, 3.05) is 12.4 Å². The average molecular weight is 341 g/mol. The molecule has 128 valence electrons. The van der Waals surface area contributed by atoms with Gasteiger partial charge in [0.15, 0.2) is 0 Å². The van der Waals surface area contributed by atoms with Gasteiger partial charge in [-0.05, 0) is 38.0 Å². The van der Waals surface area contributed by atoms with Gasteiger partial charge in [-0.3, -0.25) is 4.79 Å². The summed E-state index contributed by atoms with van der Waals surface area (Å²) in [6.45, 7) is 3.45. The predicted molar refractivity (Wildman–Crippen MR) is 87.8 cm³/mol. The van der Waals surface area contributed by atoms with E-state index in [0.29, 0.717) is 11.4 Å². The van der Waals surface area contributed by atoms with E-state index in [-0.39, 0.29) is 22.9 Å². The molecule has 0 aromatic heterocycles. The summed E-state index contributed by atoms with van der Waals surface area (Å²) in [6.07, 6.45) is 1.70. The van der Waals surface area contributed by atoms with E-state index < -0.39 is 15.9 Å². The molecule has 2 rings (SSSR count). The Kier molecular flexibility index (Phi) is 5.28. The molecular formula is C15H23N3O4S. The lowest BCUT2D eigenvalue weighted by atomic mass is 10.0. The molecule has 1 aromatic carbocycles. The van der Waals surface area contributed by atoms with Gasteiger partial charge in [-0.25, -0.2) is 13.1 Å². The quantitative estimate of drug-likeness (QED) is 0.687. The van der Waals surface area contributed by atoms with Crippen molar-refractivity contribution in [2.24, 2.45) is 11.7 Å². The summed E-state index contributed by atoms with van der Waals surface area (Å²) in [4.78, 5) is 12.3. The van der Waals surface area contributed by atoms with Gasteiger partial charge >= 0.3 is 0 Å². The molecule has 1 aliphatic rings. The van der Waals surface area contributed by atoms with E-state index in [1.165, 1.54) is 25.3 Å². The van der Waals surface area contributed by atoms with E-state index in [0.717, 1.165) is 12.8 Å². The van der Waals surface area contributed by atoms with Crippen LogP contribution in [0.5, 0.6) is 5.75 Å². The lowest BCUT2D eigenvalue weighted by molar-refractivity contribution is -0.119. The number of nitrogens with two attached hydrogens (primary N) is 1. The monoisotopic (exact) mass is 341 g/mol. The molecule has 1 saturated carbocycles. The van der Waals surface area contributed by atoms with Gasteiger partial charge in [0.2, 0.25) is 15.9 Å². The molecule has 2 unspecified atom stereocenters. The standard InChI is InChI=1S/C15H23N3O4S/c1-9(10(2)16)15(19)17-13-8-12(6-7-14(13)22-3)23(20,21)18-11-4-5-11/h6-11,18H,4-5,16H2,1-3H3,(H,17,19). The Morgan fingerprint density at radius 1 is 1.35 bits per heavy atom. The third-order valence-corrected chi connectivity index (χ3v) is 5.36. The van der Waals surface area contributed by atoms with E-state index in [2.05, 4.69) is 10.0 Å². The number of methoxy groups -OCH3 is 1. The van der Waals surface area contributed by atoms with Gasteiger partial charge in [0.05, 0.1) is 23.6 Å². The number of carbonyl (C=O) groups excluding carboxylic acids is 1. The highest BCUT2D eigenvalue weighted by Crippen LogP contribution is 2.29. The summed E-state index contributed by atoms with van der Waals surface area (Å²) >= 11 is 0. The molecule has 0 saturated heterocycles. The van der Waals surface area contributed by atoms with Gasteiger partial charge in [-0.1, -0.05) is 6.92 Å². The van der Waals surface area contributed by atoms with E-state index in [1.54, 1.807) is 13.8 Å². The van der Waals surface area contributed by atoms with Crippen molar-refractivity contribution < 1.29 is 17.9 Å². The maximum Gasteiger partial charge on any atom is 0.240 e. The van der Waals surface area contributed by atoms with Crippen LogP contribution in [0.2, 0.25) is 0 Å². The van der Waals surface area contributed by atoms with E-state index in [1.807, 2.05) is 0 Å². The molecule has 0 radical (unpaired) electrons. The maximum atomic E-state index is 12.3. The van der Waals surface area contributed by atoms with Crippen molar-refractivity contribution in [1.82, 2.24) is 4.72 Å². The molecule has 0 heterocycles. The minimum atomic E-state index is -3.60. The van der Waals surface area contributed by atoms with E-state index in [4.69, 9.17) is 10.5 Å². The number of rotatable bonds is 7. The van der Waals surface area contributed by atoms with Crippen LogP contribution in [-0.2, 0) is 14.8 Å². The summed E-state index contributed by atoms with van der Waals surface area (Å²) in [5, 5.41) is 2.69. The second kappa shape index (κ2) is 6.86. The van der Waals surface area contributed by atoms with Gasteiger partial charge in [0.1, 0.15) is 5.75 Å². The molecule has 1 fully saturated rings. The Hall–Kier alpha value is -1.64. The molecule has 1 amide bonds. The first-order chi connectivity index (χ1) is 10.7. The van der Waals surface area contributed by atoms with Crippen LogP contribution in [0, 0.1) is 5.92 Å². The number of carbonyl (C=O) groups is 1. The number of hydrogen-bond acceptors (Lipinski definition) is 5. The fourth-order valence-corrected chi connectivity index (χ4v) is 3.26. The van der Waals surface area contributed by atoms with Crippen LogP contribution in [0.3, 0.4) is 0 Å². The van der Waals surface area contributed by atoms with Crippen LogP contribution in [-0.4, -0.2) is 33.5 Å². The Labute approximate surface area is 136 Å². The highest BCUT2D eigenvalue weighted by Gasteiger charge is 2.28. The number of ether oxygens (including phenoxy) is 1. The summed E-state index contributed by atoms with van der Waals surface area (Å²) in [6, 6.07) is 4.07. The molecule has 2 atom stereocenters. The van der Waals surface area contributed by atoms with Gasteiger partial charge in [-0.2, -0.15) is 0 Å². The molecule has 7 nitrogen and oxygen atoms in total. The third-order valence-electron chi connectivity index (χ3n) is 3.84. The molecule has 23 heavy (non-hydrogen) atoms. The van der Waals surface area contributed by atoms with Crippen LogP contribution in [0.1, 0.15) is 26.7 Å². The van der Waals surface area contributed by atoms with Gasteiger partial charge in [0, 0.05) is 12.1 Å². The summed E-state index contributed by atoms with van der Waals surface area (Å²) in [5.41, 5.74) is 6.03. The molecule has 0 spiro atoms. The highest BCUT2D eigenvalue weighted by molar-refractivity contribution is 7.89. The summed E-state index contributed by atoms with van der Waals surface area (Å²) < 4.78 is 32.3. The lowest BCUT2D eigenvalue weighted by Crippen LogP contribution is -2.34. The van der Waals surface area contributed by atoms with Crippen LogP contribution in [0.25, 0.3) is 0 Å². The second-order valence-corrected chi connectivity index (χ2v) is 7.61. The van der Waals surface area contributed by atoms with Crippen molar-refractivity contribution in [2.45, 2.75) is 43.7 Å². The molecular weight excluding hydrogens is 318 g/mol. The normalized spacial score (nSPS) is 17.4. The largest absolute Gasteiger partial charge is 0.495 e. The van der Waals surface area contributed by atoms with Crippen LogP contribution >= 0.6 is 0 Å². The Morgan fingerprint density at radius 3 is 2.52 bits per heavy atom. The number of hydrogen-bond donors (Lipinski definition) is 3. The second-order valence-electron chi connectivity index (χ2n) is 5.89. The van der Waals surface area contributed by atoms with Crippen molar-refractivity contribution in [3.63, 3.8) is 0 Å². The number of benzene rings is 1. The molecule has 4 N–H and O–H groups in total. The van der Waals surface area contributed by atoms with E-state index >= 15 is 0 Å². The molecule has 1 aliphatic carbocycles. The van der Waals surface area contributed by atoms with Crippen molar-refractivity contribution in [3.8, 4) is 5.75 Å². The van der Waals surface area contributed by atoms with Gasteiger partial charge in [0.25, 0.3) is 0 Å². The fourth-order valence-electron chi connectivity index (χ4n) is 1.93. The first-order valence-corrected chi connectivity index (χ1v) is 8.99. The maximum absolute atomic E-state index is 12.3. The van der Waals surface area contributed by atoms with Gasteiger partial charge in [-0.15, -0.1) is 0 Å². The van der Waals surface area contributed by atoms with Crippen LogP contribution < -0.4 is 20.5 Å². The predicted octanol–water partition coefficient (Wildman–Crippen LogP) is 1.06. The average Bonchev–Trinajstić information content (AvgIpc) is 3.29. The number of nitrogens with one attached hydrogen (secondary N) is 2. The summed E-state index contributed by atoms with van der Waals surface area (Å²) in [5.74, 6) is -0.312. The molecule has 0 aliphatic heterocycles. The van der Waals surface area contributed by atoms with Crippen molar-refractivity contribution >= 4 is 21.6 Å². The first kappa shape index (κ1) is 17.7. The zero-order valence-electron chi connectivity index (χ0n) is 13.5.